The summed E-state index contributed by atoms with van der Waals surface area (Å²) in [5.74, 6) is 5.57. The fourth-order valence-corrected chi connectivity index (χ4v) is 5.72. The van der Waals surface area contributed by atoms with Crippen LogP contribution in [-0.4, -0.2) is 62.7 Å². The van der Waals surface area contributed by atoms with E-state index >= 15 is 0 Å². The van der Waals surface area contributed by atoms with Gasteiger partial charge in [0.1, 0.15) is 0 Å². The summed E-state index contributed by atoms with van der Waals surface area (Å²) in [6.07, 6.45) is 6.13. The van der Waals surface area contributed by atoms with Crippen LogP contribution in [0.5, 0.6) is 0 Å². The zero-order valence-corrected chi connectivity index (χ0v) is 21.9. The Morgan fingerprint density at radius 3 is 2.66 bits per heavy atom. The third-order valence-electron chi connectivity index (χ3n) is 7.23. The molecule has 1 aliphatic heterocycles. The number of hydrogen-bond donors (Lipinski definition) is 3. The summed E-state index contributed by atoms with van der Waals surface area (Å²) in [5, 5.41) is 12.2. The summed E-state index contributed by atoms with van der Waals surface area (Å²) in [6, 6.07) is 19.5. The molecule has 5 aromatic rings. The average molecular weight is 521 g/mol. The smallest absolute Gasteiger partial charge is 0.336 e. The molecule has 0 spiro atoms. The summed E-state index contributed by atoms with van der Waals surface area (Å²) < 4.78 is 2.41. The molecule has 0 aliphatic carbocycles. The highest BCUT2D eigenvalue weighted by atomic mass is 32.2. The Hall–Kier alpha value is -3.96. The molecule has 1 fully saturated rings. The van der Waals surface area contributed by atoms with E-state index in [0.717, 1.165) is 60.3 Å². The molecule has 6 rings (SSSR count). The molecule has 38 heavy (non-hydrogen) atoms. The number of aromatic carboxylic acids is 1. The van der Waals surface area contributed by atoms with Gasteiger partial charge in [0.05, 0.1) is 5.56 Å². The number of fused-ring (bicyclic) bond motifs is 2. The number of rotatable bonds is 5. The van der Waals surface area contributed by atoms with Gasteiger partial charge in [0.15, 0.2) is 0 Å². The summed E-state index contributed by atoms with van der Waals surface area (Å²) in [5.41, 5.74) is 6.59. The van der Waals surface area contributed by atoms with E-state index in [2.05, 4.69) is 55.6 Å². The molecule has 0 saturated carbocycles. The number of carboxylic acids is 1. The first kappa shape index (κ1) is 24.4. The maximum absolute atomic E-state index is 12.1. The van der Waals surface area contributed by atoms with Crippen LogP contribution in [0.25, 0.3) is 32.9 Å². The maximum atomic E-state index is 12.1. The number of carbonyl (C=O) groups is 1. The van der Waals surface area contributed by atoms with Crippen LogP contribution in [0.3, 0.4) is 0 Å². The van der Waals surface area contributed by atoms with Crippen LogP contribution in [0.2, 0.25) is 0 Å². The minimum atomic E-state index is -0.967. The zero-order chi connectivity index (χ0) is 26.1. The van der Waals surface area contributed by atoms with Gasteiger partial charge in [-0.15, -0.1) is 0 Å². The SMILES string of the molecule is CSN1CCN(Cc2c[nH]c3cc(C#Cc4cccc(C(=O)O)c4-c4ccc5cc[nH]c5c4)ccc23)CC1. The van der Waals surface area contributed by atoms with Crippen molar-refractivity contribution in [2.75, 3.05) is 32.4 Å². The standard InChI is InChI=1S/C31H28N4O2S/c1-38-35-15-13-34(14-16-35)20-25-19-33-29-17-21(6-10-26(25)29)5-7-23-3-2-4-27(31(36)37)30(23)24-9-8-22-11-12-32-28(22)18-24/h2-4,6,8-12,17-19,32-33H,13-16,20H2,1H3,(H,36,37). The largest absolute Gasteiger partial charge is 0.478 e. The molecule has 1 aliphatic rings. The third-order valence-corrected chi connectivity index (χ3v) is 8.11. The molecule has 1 saturated heterocycles. The number of hydrogen-bond acceptors (Lipinski definition) is 4. The first-order valence-corrected chi connectivity index (χ1v) is 13.8. The van der Waals surface area contributed by atoms with Crippen LogP contribution in [0.1, 0.15) is 27.0 Å². The monoisotopic (exact) mass is 520 g/mol. The highest BCUT2D eigenvalue weighted by Crippen LogP contribution is 2.30. The Bertz CT molecular complexity index is 1700. The second-order valence-corrected chi connectivity index (χ2v) is 10.4. The van der Waals surface area contributed by atoms with Gasteiger partial charge in [0, 0.05) is 78.2 Å². The molecule has 0 bridgehead atoms. The minimum Gasteiger partial charge on any atom is -0.478 e. The van der Waals surface area contributed by atoms with Gasteiger partial charge in [0.2, 0.25) is 0 Å². The lowest BCUT2D eigenvalue weighted by molar-refractivity contribution is 0.0697. The fraction of sp³-hybridized carbons (Fsp3) is 0.194. The number of benzene rings is 3. The van der Waals surface area contributed by atoms with Gasteiger partial charge in [-0.3, -0.25) is 4.90 Å². The summed E-state index contributed by atoms with van der Waals surface area (Å²) >= 11 is 1.82. The van der Waals surface area contributed by atoms with Crippen LogP contribution in [0.4, 0.5) is 0 Å². The maximum Gasteiger partial charge on any atom is 0.336 e. The van der Waals surface area contributed by atoms with Crippen LogP contribution in [0.15, 0.2) is 73.1 Å². The van der Waals surface area contributed by atoms with Crippen molar-refractivity contribution < 1.29 is 9.90 Å². The van der Waals surface area contributed by atoms with Gasteiger partial charge in [-0.05, 0) is 59.2 Å². The fourth-order valence-electron chi connectivity index (χ4n) is 5.19. The van der Waals surface area contributed by atoms with Gasteiger partial charge in [-0.2, -0.15) is 0 Å². The van der Waals surface area contributed by atoms with Gasteiger partial charge in [0.25, 0.3) is 0 Å². The molecule has 190 valence electrons. The first-order chi connectivity index (χ1) is 18.6. The normalized spacial score (nSPS) is 14.6. The zero-order valence-electron chi connectivity index (χ0n) is 21.1. The van der Waals surface area contributed by atoms with E-state index in [-0.39, 0.29) is 5.56 Å². The second kappa shape index (κ2) is 10.4. The van der Waals surface area contributed by atoms with Crippen molar-refractivity contribution >= 4 is 39.7 Å². The molecule has 3 heterocycles. The molecular formula is C31H28N4O2S. The van der Waals surface area contributed by atoms with E-state index < -0.39 is 5.97 Å². The predicted octanol–water partition coefficient (Wildman–Crippen LogP) is 5.81. The lowest BCUT2D eigenvalue weighted by Crippen LogP contribution is -2.42. The van der Waals surface area contributed by atoms with E-state index in [9.17, 15) is 9.90 Å². The van der Waals surface area contributed by atoms with Crippen molar-refractivity contribution in [3.63, 3.8) is 0 Å². The van der Waals surface area contributed by atoms with Crippen molar-refractivity contribution in [1.29, 1.82) is 0 Å². The van der Waals surface area contributed by atoms with Gasteiger partial charge in [-0.1, -0.05) is 48.1 Å². The number of nitrogens with zero attached hydrogens (tertiary/aromatic N) is 2. The van der Waals surface area contributed by atoms with Gasteiger partial charge in [-0.25, -0.2) is 9.10 Å². The second-order valence-electron chi connectivity index (χ2n) is 9.53. The molecule has 0 radical (unpaired) electrons. The Labute approximate surface area is 225 Å². The quantitative estimate of drug-likeness (QED) is 0.201. The molecule has 0 unspecified atom stereocenters. The highest BCUT2D eigenvalue weighted by molar-refractivity contribution is 7.96. The predicted molar refractivity (Wildman–Crippen MR) is 155 cm³/mol. The number of aromatic amines is 2. The van der Waals surface area contributed by atoms with Crippen LogP contribution in [0, 0.1) is 11.8 Å². The summed E-state index contributed by atoms with van der Waals surface area (Å²) in [4.78, 5) is 21.2. The lowest BCUT2D eigenvalue weighted by atomic mass is 9.93. The van der Waals surface area contributed by atoms with Crippen LogP contribution < -0.4 is 0 Å². The minimum absolute atomic E-state index is 0.241. The Kier molecular flexibility index (Phi) is 6.69. The topological polar surface area (TPSA) is 75.4 Å². The van der Waals surface area contributed by atoms with E-state index in [1.807, 2.05) is 54.5 Å². The van der Waals surface area contributed by atoms with E-state index in [1.54, 1.807) is 12.1 Å². The molecule has 2 aromatic heterocycles. The Balaban J connectivity index is 1.30. The molecule has 7 heteroatoms. The number of aromatic nitrogens is 2. The molecular weight excluding hydrogens is 492 g/mol. The number of piperazine rings is 1. The van der Waals surface area contributed by atoms with Crippen molar-refractivity contribution in [2.24, 2.45) is 0 Å². The molecule has 6 nitrogen and oxygen atoms in total. The third kappa shape index (κ3) is 4.82. The van der Waals surface area contributed by atoms with Crippen molar-refractivity contribution in [1.82, 2.24) is 19.2 Å². The highest BCUT2D eigenvalue weighted by Gasteiger charge is 2.18. The molecule has 3 N–H and O–H groups in total. The molecule has 0 amide bonds. The number of H-pyrrole nitrogens is 2. The Morgan fingerprint density at radius 1 is 0.974 bits per heavy atom. The first-order valence-electron chi connectivity index (χ1n) is 12.7. The Morgan fingerprint density at radius 2 is 1.84 bits per heavy atom. The van der Waals surface area contributed by atoms with Gasteiger partial charge >= 0.3 is 5.97 Å². The van der Waals surface area contributed by atoms with E-state index in [4.69, 9.17) is 0 Å². The van der Waals surface area contributed by atoms with Crippen LogP contribution in [-0.2, 0) is 6.54 Å². The van der Waals surface area contributed by atoms with Crippen molar-refractivity contribution in [3.05, 3.63) is 95.3 Å². The summed E-state index contributed by atoms with van der Waals surface area (Å²) in [7, 11) is 0. The average Bonchev–Trinajstić information content (AvgIpc) is 3.58. The van der Waals surface area contributed by atoms with E-state index in [1.165, 1.54) is 10.9 Å². The van der Waals surface area contributed by atoms with Crippen molar-refractivity contribution in [2.45, 2.75) is 6.54 Å². The van der Waals surface area contributed by atoms with Crippen LogP contribution >= 0.6 is 11.9 Å². The number of nitrogens with one attached hydrogen (secondary N) is 2. The lowest BCUT2D eigenvalue weighted by Gasteiger charge is -2.33. The summed E-state index contributed by atoms with van der Waals surface area (Å²) in [6.45, 7) is 5.27. The van der Waals surface area contributed by atoms with Crippen molar-refractivity contribution in [3.8, 4) is 23.0 Å². The number of carboxylic acid groups (broad SMARTS) is 1. The van der Waals surface area contributed by atoms with Gasteiger partial charge < -0.3 is 15.1 Å². The molecule has 3 aromatic carbocycles. The van der Waals surface area contributed by atoms with E-state index in [0.29, 0.717) is 11.1 Å². The molecule has 0 atom stereocenters.